The van der Waals surface area contributed by atoms with Crippen molar-refractivity contribution in [1.82, 2.24) is 0 Å². The average Bonchev–Trinajstić information content (AvgIpc) is 2.62. The molecule has 0 saturated heterocycles. The van der Waals surface area contributed by atoms with Gasteiger partial charge < -0.3 is 31.2 Å². The zero-order valence-corrected chi connectivity index (χ0v) is 16.2. The third-order valence-corrected chi connectivity index (χ3v) is 3.58. The molecule has 0 unspecified atom stereocenters. The fourth-order valence-electron chi connectivity index (χ4n) is 2.34. The largest absolute Gasteiger partial charge is 0.697 e. The first-order valence-corrected chi connectivity index (χ1v) is 8.28. The van der Waals surface area contributed by atoms with Gasteiger partial charge in [-0.3, -0.25) is 0 Å². The SMILES string of the molecule is CCOc1cccc(C=C([NH-])C(N)=Cc2cccc(OCC)c2O)c1O.[Co]. The number of rotatable bonds is 7. The van der Waals surface area contributed by atoms with Crippen LogP contribution in [0.25, 0.3) is 17.9 Å². The third-order valence-electron chi connectivity index (χ3n) is 3.58. The van der Waals surface area contributed by atoms with Gasteiger partial charge in [-0.2, -0.15) is 0 Å². The third kappa shape index (κ3) is 5.60. The van der Waals surface area contributed by atoms with Crippen molar-refractivity contribution in [3.05, 3.63) is 64.7 Å². The summed E-state index contributed by atoms with van der Waals surface area (Å²) in [5.74, 6) is 0.615. The van der Waals surface area contributed by atoms with E-state index in [1.165, 1.54) is 12.2 Å². The molecule has 6 nitrogen and oxygen atoms in total. The van der Waals surface area contributed by atoms with E-state index in [-0.39, 0.29) is 39.7 Å². The minimum atomic E-state index is -0.0481. The van der Waals surface area contributed by atoms with Gasteiger partial charge >= 0.3 is 0 Å². The van der Waals surface area contributed by atoms with Crippen LogP contribution in [0.5, 0.6) is 23.0 Å². The Hall–Kier alpha value is -2.77. The smallest absolute Gasteiger partial charge is 0.165 e. The van der Waals surface area contributed by atoms with Crippen LogP contribution in [0.15, 0.2) is 47.8 Å². The molecular formula is C20H23CoN2O4-. The fraction of sp³-hybridized carbons (Fsp3) is 0.200. The van der Waals surface area contributed by atoms with Crippen LogP contribution in [0.3, 0.4) is 0 Å². The molecule has 0 aromatic heterocycles. The Morgan fingerprint density at radius 3 is 1.81 bits per heavy atom. The van der Waals surface area contributed by atoms with Crippen molar-refractivity contribution in [2.24, 2.45) is 5.73 Å². The summed E-state index contributed by atoms with van der Waals surface area (Å²) in [6.45, 7) is 4.49. The number of para-hydroxylation sites is 2. The molecule has 5 N–H and O–H groups in total. The predicted molar refractivity (Wildman–Crippen MR) is 103 cm³/mol. The minimum Gasteiger partial charge on any atom is -0.697 e. The van der Waals surface area contributed by atoms with Crippen LogP contribution in [0.2, 0.25) is 0 Å². The van der Waals surface area contributed by atoms with E-state index in [9.17, 15) is 10.2 Å². The molecule has 0 aliphatic rings. The Morgan fingerprint density at radius 2 is 1.37 bits per heavy atom. The van der Waals surface area contributed by atoms with E-state index >= 15 is 0 Å². The molecule has 0 amide bonds. The van der Waals surface area contributed by atoms with Gasteiger partial charge in [0.1, 0.15) is 0 Å². The van der Waals surface area contributed by atoms with E-state index in [0.29, 0.717) is 35.8 Å². The van der Waals surface area contributed by atoms with Gasteiger partial charge in [-0.1, -0.05) is 30.3 Å². The molecule has 1 radical (unpaired) electrons. The summed E-state index contributed by atoms with van der Waals surface area (Å²) >= 11 is 0. The summed E-state index contributed by atoms with van der Waals surface area (Å²) in [5, 5.41) is 20.4. The van der Waals surface area contributed by atoms with Crippen LogP contribution in [0, 0.1) is 0 Å². The van der Waals surface area contributed by atoms with E-state index in [1.54, 1.807) is 36.4 Å². The van der Waals surface area contributed by atoms with Gasteiger partial charge in [0.05, 0.1) is 13.2 Å². The van der Waals surface area contributed by atoms with Crippen molar-refractivity contribution >= 4 is 12.2 Å². The van der Waals surface area contributed by atoms with E-state index in [1.807, 2.05) is 13.8 Å². The predicted octanol–water partition coefficient (Wildman–Crippen LogP) is 4.29. The van der Waals surface area contributed by atoms with Crippen molar-refractivity contribution < 1.29 is 36.5 Å². The minimum absolute atomic E-state index is 0. The first kappa shape index (κ1) is 22.3. The molecule has 0 fully saturated rings. The summed E-state index contributed by atoms with van der Waals surface area (Å²) in [6, 6.07) is 10.1. The van der Waals surface area contributed by atoms with Crippen molar-refractivity contribution in [3.63, 3.8) is 0 Å². The molecule has 0 saturated carbocycles. The number of benzene rings is 2. The Balaban J connectivity index is 0.00000364. The van der Waals surface area contributed by atoms with Crippen molar-refractivity contribution in [3.8, 4) is 23.0 Å². The maximum Gasteiger partial charge on any atom is 0.165 e. The molecule has 2 aromatic rings. The van der Waals surface area contributed by atoms with Crippen LogP contribution < -0.4 is 15.2 Å². The second kappa shape index (κ2) is 10.4. The number of hydrogen-bond donors (Lipinski definition) is 3. The monoisotopic (exact) mass is 414 g/mol. The number of nitrogens with one attached hydrogen (secondary N) is 1. The fourth-order valence-corrected chi connectivity index (χ4v) is 2.34. The molecule has 2 rings (SSSR count). The average molecular weight is 414 g/mol. The second-order valence-corrected chi connectivity index (χ2v) is 5.41. The number of nitrogens with two attached hydrogens (primary N) is 1. The van der Waals surface area contributed by atoms with E-state index in [2.05, 4.69) is 0 Å². The second-order valence-electron chi connectivity index (χ2n) is 5.41. The number of phenols is 2. The zero-order chi connectivity index (χ0) is 19.1. The quantitative estimate of drug-likeness (QED) is 0.586. The van der Waals surface area contributed by atoms with Crippen molar-refractivity contribution in [2.45, 2.75) is 13.8 Å². The maximum atomic E-state index is 10.2. The van der Waals surface area contributed by atoms with E-state index < -0.39 is 0 Å². The van der Waals surface area contributed by atoms with Gasteiger partial charge in [0.2, 0.25) is 0 Å². The van der Waals surface area contributed by atoms with Crippen LogP contribution >= 0.6 is 0 Å². The zero-order valence-electron chi connectivity index (χ0n) is 15.2. The molecule has 0 spiro atoms. The first-order valence-electron chi connectivity index (χ1n) is 8.28. The number of hydrogen-bond acceptors (Lipinski definition) is 5. The molecule has 27 heavy (non-hydrogen) atoms. The molecule has 0 aliphatic heterocycles. The van der Waals surface area contributed by atoms with Gasteiger partial charge in [-0.05, 0) is 32.1 Å². The van der Waals surface area contributed by atoms with Crippen LogP contribution in [0.4, 0.5) is 0 Å². The topological polar surface area (TPSA) is 109 Å². The summed E-state index contributed by atoms with van der Waals surface area (Å²) in [6.07, 6.45) is 2.92. The van der Waals surface area contributed by atoms with Crippen molar-refractivity contribution in [1.29, 1.82) is 0 Å². The Morgan fingerprint density at radius 1 is 0.926 bits per heavy atom. The van der Waals surface area contributed by atoms with Gasteiger partial charge in [0.15, 0.2) is 23.0 Å². The van der Waals surface area contributed by atoms with Gasteiger partial charge in [0, 0.05) is 33.6 Å². The van der Waals surface area contributed by atoms with Crippen LogP contribution in [-0.2, 0) is 16.8 Å². The molecule has 0 atom stereocenters. The summed E-state index contributed by atoms with van der Waals surface area (Å²) < 4.78 is 10.7. The Kier molecular flexibility index (Phi) is 8.57. The Labute approximate surface area is 169 Å². The maximum absolute atomic E-state index is 10.2. The van der Waals surface area contributed by atoms with Gasteiger partial charge in [-0.25, -0.2) is 0 Å². The first-order chi connectivity index (χ1) is 12.5. The molecule has 7 heteroatoms. The summed E-state index contributed by atoms with van der Waals surface area (Å²) in [7, 11) is 0. The number of phenolic OH excluding ortho intramolecular Hbond substituents is 2. The number of aromatic hydroxyl groups is 2. The standard InChI is InChI=1S/C20H23N2O4.Co/c1-3-25-17-9-5-7-13(19(17)23)11-15(21)16(22)12-14-8-6-10-18(20(14)24)26-4-2;/h5-12,21,23-24H,3-4,22H2,1-2H3;/q-1;. The molecule has 147 valence electrons. The van der Waals surface area contributed by atoms with E-state index in [0.717, 1.165) is 0 Å². The van der Waals surface area contributed by atoms with Crippen LogP contribution in [0.1, 0.15) is 25.0 Å². The van der Waals surface area contributed by atoms with Crippen molar-refractivity contribution in [2.75, 3.05) is 13.2 Å². The molecular weight excluding hydrogens is 391 g/mol. The summed E-state index contributed by atoms with van der Waals surface area (Å²) in [5.41, 5.74) is 15.1. The van der Waals surface area contributed by atoms with Gasteiger partial charge in [0.25, 0.3) is 0 Å². The Bertz CT molecular complexity index is 765. The normalized spacial score (nSPS) is 11.6. The van der Waals surface area contributed by atoms with Gasteiger partial charge in [-0.15, -0.1) is 5.70 Å². The summed E-state index contributed by atoms with van der Waals surface area (Å²) in [4.78, 5) is 0. The van der Waals surface area contributed by atoms with E-state index in [4.69, 9.17) is 20.9 Å². The molecule has 0 heterocycles. The molecule has 2 aromatic carbocycles. The molecule has 0 aliphatic carbocycles. The number of ether oxygens (including phenoxy) is 2. The molecule has 0 bridgehead atoms. The van der Waals surface area contributed by atoms with Crippen LogP contribution in [-0.4, -0.2) is 23.4 Å².